The van der Waals surface area contributed by atoms with Crippen molar-refractivity contribution in [3.05, 3.63) is 37.9 Å². The molecule has 0 aliphatic rings. The first-order chi connectivity index (χ1) is 8.68. The van der Waals surface area contributed by atoms with Gasteiger partial charge in [0.15, 0.2) is 6.19 Å². The predicted octanol–water partition coefficient (Wildman–Crippen LogP) is 2.41. The SMILES string of the molecule is N#CNc1c([N+](=O)[O-])cc(C(F)(F)F)cc1[N+](=O)[O-]. The minimum absolute atomic E-state index is 0.118. The van der Waals surface area contributed by atoms with Gasteiger partial charge in [0, 0.05) is 12.1 Å². The molecule has 0 atom stereocenters. The lowest BCUT2D eigenvalue weighted by atomic mass is 10.1. The van der Waals surface area contributed by atoms with E-state index in [0.717, 1.165) is 0 Å². The minimum Gasteiger partial charge on any atom is -0.281 e. The highest BCUT2D eigenvalue weighted by Gasteiger charge is 2.37. The summed E-state index contributed by atoms with van der Waals surface area (Å²) in [7, 11) is 0. The van der Waals surface area contributed by atoms with Crippen molar-refractivity contribution in [3.8, 4) is 6.19 Å². The van der Waals surface area contributed by atoms with Gasteiger partial charge in [-0.25, -0.2) is 0 Å². The largest absolute Gasteiger partial charge is 0.416 e. The lowest BCUT2D eigenvalue weighted by molar-refractivity contribution is -0.392. The topological polar surface area (TPSA) is 122 Å². The van der Waals surface area contributed by atoms with Crippen molar-refractivity contribution in [2.75, 3.05) is 5.32 Å². The molecule has 8 nitrogen and oxygen atoms in total. The molecular weight excluding hydrogens is 273 g/mol. The molecule has 0 radical (unpaired) electrons. The highest BCUT2D eigenvalue weighted by Crippen LogP contribution is 2.40. The first-order valence-corrected chi connectivity index (χ1v) is 4.37. The molecule has 1 aromatic carbocycles. The molecule has 0 amide bonds. The Hall–Kier alpha value is -2.90. The molecule has 0 fully saturated rings. The van der Waals surface area contributed by atoms with Gasteiger partial charge < -0.3 is 0 Å². The first-order valence-electron chi connectivity index (χ1n) is 4.37. The standard InChI is InChI=1S/C8H3F3N4O4/c9-8(10,11)4-1-5(14(16)17)7(13-3-12)6(2-4)15(18)19/h1-2,13H. The maximum atomic E-state index is 12.5. The fraction of sp³-hybridized carbons (Fsp3) is 0.125. The number of nitrogens with zero attached hydrogens (tertiary/aromatic N) is 3. The maximum absolute atomic E-state index is 12.5. The van der Waals surface area contributed by atoms with Crippen molar-refractivity contribution >= 4 is 17.1 Å². The van der Waals surface area contributed by atoms with Gasteiger partial charge in [0.2, 0.25) is 5.69 Å². The van der Waals surface area contributed by atoms with E-state index in [1.54, 1.807) is 5.32 Å². The second-order valence-corrected chi connectivity index (χ2v) is 3.14. The van der Waals surface area contributed by atoms with Crippen LogP contribution < -0.4 is 5.32 Å². The summed E-state index contributed by atoms with van der Waals surface area (Å²) in [5.41, 5.74) is -4.86. The molecule has 0 heterocycles. The summed E-state index contributed by atoms with van der Waals surface area (Å²) in [5, 5.41) is 31.2. The molecule has 0 aliphatic carbocycles. The fourth-order valence-electron chi connectivity index (χ4n) is 1.25. The van der Waals surface area contributed by atoms with Gasteiger partial charge in [0.1, 0.15) is 0 Å². The second-order valence-electron chi connectivity index (χ2n) is 3.14. The van der Waals surface area contributed by atoms with E-state index in [1.165, 1.54) is 6.19 Å². The maximum Gasteiger partial charge on any atom is 0.416 e. The summed E-state index contributed by atoms with van der Waals surface area (Å²) in [5.74, 6) is 0. The summed E-state index contributed by atoms with van der Waals surface area (Å²) in [6.45, 7) is 0. The van der Waals surface area contributed by atoms with Gasteiger partial charge in [-0.2, -0.15) is 18.4 Å². The van der Waals surface area contributed by atoms with E-state index in [-0.39, 0.29) is 12.1 Å². The van der Waals surface area contributed by atoms with Gasteiger partial charge in [-0.05, 0) is 0 Å². The van der Waals surface area contributed by atoms with Crippen LogP contribution in [0, 0.1) is 31.7 Å². The number of alkyl halides is 3. The number of halogens is 3. The monoisotopic (exact) mass is 276 g/mol. The highest BCUT2D eigenvalue weighted by molar-refractivity contribution is 5.76. The summed E-state index contributed by atoms with van der Waals surface area (Å²) in [6, 6.07) is 0.235. The van der Waals surface area contributed by atoms with Crippen LogP contribution in [0.25, 0.3) is 0 Å². The molecule has 11 heteroatoms. The third-order valence-corrected chi connectivity index (χ3v) is 2.00. The molecule has 1 N–H and O–H groups in total. The fourth-order valence-corrected chi connectivity index (χ4v) is 1.25. The molecular formula is C8H3F3N4O4. The quantitative estimate of drug-likeness (QED) is 0.391. The van der Waals surface area contributed by atoms with Crippen molar-refractivity contribution in [2.45, 2.75) is 6.18 Å². The van der Waals surface area contributed by atoms with Crippen LogP contribution in [0.1, 0.15) is 5.56 Å². The minimum atomic E-state index is -4.99. The van der Waals surface area contributed by atoms with Crippen molar-refractivity contribution in [1.29, 1.82) is 5.26 Å². The Morgan fingerprint density at radius 1 is 1.16 bits per heavy atom. The molecule has 0 spiro atoms. The van der Waals surface area contributed by atoms with Crippen LogP contribution in [0.3, 0.4) is 0 Å². The van der Waals surface area contributed by atoms with E-state index in [0.29, 0.717) is 0 Å². The normalized spacial score (nSPS) is 10.6. The number of nitrogens with one attached hydrogen (secondary N) is 1. The lowest BCUT2D eigenvalue weighted by Crippen LogP contribution is -2.09. The summed E-state index contributed by atoms with van der Waals surface area (Å²) < 4.78 is 37.4. The third-order valence-electron chi connectivity index (χ3n) is 2.00. The molecule has 0 aromatic heterocycles. The predicted molar refractivity (Wildman–Crippen MR) is 54.0 cm³/mol. The van der Waals surface area contributed by atoms with Crippen molar-refractivity contribution < 1.29 is 23.0 Å². The first kappa shape index (κ1) is 14.2. The smallest absolute Gasteiger partial charge is 0.281 e. The van der Waals surface area contributed by atoms with Gasteiger partial charge in [-0.15, -0.1) is 0 Å². The van der Waals surface area contributed by atoms with E-state index in [9.17, 15) is 33.4 Å². The van der Waals surface area contributed by atoms with Gasteiger partial charge in [-0.3, -0.25) is 25.5 Å². The lowest BCUT2D eigenvalue weighted by Gasteiger charge is -2.08. The van der Waals surface area contributed by atoms with E-state index < -0.39 is 38.6 Å². The van der Waals surface area contributed by atoms with Crippen LogP contribution in [0.4, 0.5) is 30.2 Å². The Kier molecular flexibility index (Phi) is 3.55. The average Bonchev–Trinajstić information content (AvgIpc) is 2.27. The zero-order valence-corrected chi connectivity index (χ0v) is 8.76. The van der Waals surface area contributed by atoms with Crippen molar-refractivity contribution in [1.82, 2.24) is 0 Å². The Morgan fingerprint density at radius 3 is 1.84 bits per heavy atom. The molecule has 0 saturated heterocycles. The molecule has 1 rings (SSSR count). The Morgan fingerprint density at radius 2 is 1.58 bits per heavy atom. The van der Waals surface area contributed by atoms with Crippen molar-refractivity contribution in [3.63, 3.8) is 0 Å². The van der Waals surface area contributed by atoms with Crippen LogP contribution in [0.15, 0.2) is 12.1 Å². The number of hydrogen-bond donors (Lipinski definition) is 1. The van der Waals surface area contributed by atoms with E-state index in [4.69, 9.17) is 5.26 Å². The van der Waals surface area contributed by atoms with Gasteiger partial charge in [0.05, 0.1) is 15.4 Å². The molecule has 0 unspecified atom stereocenters. The number of anilines is 1. The highest BCUT2D eigenvalue weighted by atomic mass is 19.4. The Bertz CT molecular complexity index is 558. The van der Waals surface area contributed by atoms with E-state index >= 15 is 0 Å². The molecule has 19 heavy (non-hydrogen) atoms. The average molecular weight is 276 g/mol. The number of nitriles is 1. The molecule has 100 valence electrons. The van der Waals surface area contributed by atoms with Gasteiger partial charge in [-0.1, -0.05) is 0 Å². The Balaban J connectivity index is 3.68. The molecule has 1 aromatic rings. The van der Waals surface area contributed by atoms with Crippen LogP contribution in [-0.2, 0) is 6.18 Å². The molecule has 0 aliphatic heterocycles. The number of nitro benzene ring substituents is 2. The summed E-state index contributed by atoms with van der Waals surface area (Å²) in [6.07, 6.45) is -3.79. The molecule has 0 bridgehead atoms. The summed E-state index contributed by atoms with van der Waals surface area (Å²) in [4.78, 5) is 18.7. The second kappa shape index (κ2) is 4.77. The number of hydrogen-bond acceptors (Lipinski definition) is 6. The zero-order chi connectivity index (χ0) is 14.8. The summed E-state index contributed by atoms with van der Waals surface area (Å²) >= 11 is 0. The zero-order valence-electron chi connectivity index (χ0n) is 8.76. The number of rotatable bonds is 3. The Labute approximate surface area is 102 Å². The van der Waals surface area contributed by atoms with E-state index in [2.05, 4.69) is 0 Å². The van der Waals surface area contributed by atoms with Crippen LogP contribution >= 0.6 is 0 Å². The third kappa shape index (κ3) is 2.86. The van der Waals surface area contributed by atoms with Crippen molar-refractivity contribution in [2.24, 2.45) is 0 Å². The number of nitro groups is 2. The van der Waals surface area contributed by atoms with Crippen LogP contribution in [0.2, 0.25) is 0 Å². The van der Waals surface area contributed by atoms with Gasteiger partial charge >= 0.3 is 17.6 Å². The van der Waals surface area contributed by atoms with E-state index in [1.807, 2.05) is 0 Å². The van der Waals surface area contributed by atoms with Crippen LogP contribution in [0.5, 0.6) is 0 Å². The van der Waals surface area contributed by atoms with Crippen LogP contribution in [-0.4, -0.2) is 9.85 Å². The molecule has 0 saturated carbocycles. The number of benzene rings is 1. The van der Waals surface area contributed by atoms with Gasteiger partial charge in [0.25, 0.3) is 0 Å².